The first-order valence-electron chi connectivity index (χ1n) is 8.75. The molecule has 0 bridgehead atoms. The first-order chi connectivity index (χ1) is 12.5. The quantitative estimate of drug-likeness (QED) is 0.800. The maximum atomic E-state index is 12.5. The molecule has 0 spiro atoms. The topological polar surface area (TPSA) is 67.9 Å². The Bertz CT molecular complexity index is 633. The van der Waals surface area contributed by atoms with Gasteiger partial charge in [0.2, 0.25) is 11.8 Å². The van der Waals surface area contributed by atoms with E-state index in [9.17, 15) is 18.4 Å². The maximum absolute atomic E-state index is 12.5. The number of carbonyl (C=O) groups excluding carboxylic acids is 2. The molecular formula is C18H22F2N2O4. The lowest BCUT2D eigenvalue weighted by molar-refractivity contribution is -0.136. The van der Waals surface area contributed by atoms with Crippen LogP contribution in [0, 0.1) is 0 Å². The molecule has 6 nitrogen and oxygen atoms in total. The molecule has 1 N–H and O–H groups in total. The highest BCUT2D eigenvalue weighted by Crippen LogP contribution is 2.23. The zero-order valence-corrected chi connectivity index (χ0v) is 14.3. The maximum Gasteiger partial charge on any atom is 0.387 e. The molecule has 0 aliphatic carbocycles. The Morgan fingerprint density at radius 1 is 1.31 bits per heavy atom. The summed E-state index contributed by atoms with van der Waals surface area (Å²) in [5.74, 6) is -0.207. The summed E-state index contributed by atoms with van der Waals surface area (Å²) >= 11 is 0. The second-order valence-corrected chi connectivity index (χ2v) is 6.48. The highest BCUT2D eigenvalue weighted by atomic mass is 19.3. The van der Waals surface area contributed by atoms with Crippen molar-refractivity contribution in [2.45, 2.75) is 51.0 Å². The summed E-state index contributed by atoms with van der Waals surface area (Å²) in [6, 6.07) is 5.57. The predicted octanol–water partition coefficient (Wildman–Crippen LogP) is 2.07. The number of likely N-dealkylation sites (tertiary alicyclic amines) is 1. The number of benzene rings is 1. The number of nitrogens with one attached hydrogen (secondary N) is 1. The van der Waals surface area contributed by atoms with Crippen LogP contribution < -0.4 is 10.1 Å². The Balaban J connectivity index is 1.57. The Hall–Kier alpha value is -2.22. The third-order valence-electron chi connectivity index (χ3n) is 4.66. The fraction of sp³-hybridized carbons (Fsp3) is 0.556. The van der Waals surface area contributed by atoms with Crippen molar-refractivity contribution in [2.24, 2.45) is 0 Å². The lowest BCUT2D eigenvalue weighted by Crippen LogP contribution is -2.46. The van der Waals surface area contributed by atoms with E-state index in [1.165, 1.54) is 17.0 Å². The predicted molar refractivity (Wildman–Crippen MR) is 88.6 cm³/mol. The normalized spacial score (nSPS) is 22.9. The first kappa shape index (κ1) is 18.6. The molecular weight excluding hydrogens is 346 g/mol. The zero-order chi connectivity index (χ0) is 18.5. The van der Waals surface area contributed by atoms with Crippen LogP contribution in [0.25, 0.3) is 0 Å². The molecule has 2 heterocycles. The third-order valence-corrected chi connectivity index (χ3v) is 4.66. The van der Waals surface area contributed by atoms with Crippen LogP contribution >= 0.6 is 0 Å². The summed E-state index contributed by atoms with van der Waals surface area (Å²) in [5, 5.41) is 2.87. The molecule has 0 radical (unpaired) electrons. The molecule has 2 aliphatic rings. The average Bonchev–Trinajstić information content (AvgIpc) is 3.25. The van der Waals surface area contributed by atoms with Crippen molar-refractivity contribution in [3.05, 3.63) is 29.8 Å². The summed E-state index contributed by atoms with van der Waals surface area (Å²) in [5.41, 5.74) is 0.749. The number of nitrogens with zero attached hydrogens (tertiary/aromatic N) is 1. The van der Waals surface area contributed by atoms with Gasteiger partial charge in [-0.1, -0.05) is 12.1 Å². The van der Waals surface area contributed by atoms with Gasteiger partial charge in [0.05, 0.1) is 6.10 Å². The fourth-order valence-electron chi connectivity index (χ4n) is 3.32. The summed E-state index contributed by atoms with van der Waals surface area (Å²) in [6.45, 7) is -1.44. The van der Waals surface area contributed by atoms with Gasteiger partial charge in [-0.2, -0.15) is 8.78 Å². The van der Waals surface area contributed by atoms with Crippen LogP contribution in [0.1, 0.15) is 31.2 Å². The molecule has 142 valence electrons. The van der Waals surface area contributed by atoms with E-state index in [2.05, 4.69) is 10.1 Å². The number of hydrogen-bond acceptors (Lipinski definition) is 4. The highest BCUT2D eigenvalue weighted by molar-refractivity contribution is 5.90. The van der Waals surface area contributed by atoms with Crippen molar-refractivity contribution in [1.29, 1.82) is 0 Å². The standard InChI is InChI=1S/C18H22F2N2O4/c19-18(20)26-13-5-3-12(4-6-13)11-22-15(7-8-16(22)23)17(24)21-10-14-2-1-9-25-14/h3-6,14-15,18H,1-2,7-11H2,(H,21,24)/t14-,15-/m1/s1. The number of ether oxygens (including phenoxy) is 2. The molecule has 2 saturated heterocycles. The first-order valence-corrected chi connectivity index (χ1v) is 8.75. The van der Waals surface area contributed by atoms with Gasteiger partial charge < -0.3 is 19.7 Å². The second-order valence-electron chi connectivity index (χ2n) is 6.48. The minimum absolute atomic E-state index is 0.0480. The Kier molecular flexibility index (Phi) is 6.03. The van der Waals surface area contributed by atoms with Crippen molar-refractivity contribution in [1.82, 2.24) is 10.2 Å². The van der Waals surface area contributed by atoms with E-state index in [0.29, 0.717) is 19.4 Å². The van der Waals surface area contributed by atoms with Crippen LogP contribution in [0.5, 0.6) is 5.75 Å². The molecule has 1 aromatic carbocycles. The molecule has 2 fully saturated rings. The molecule has 3 rings (SSSR count). The van der Waals surface area contributed by atoms with Crippen molar-refractivity contribution < 1.29 is 27.8 Å². The molecule has 2 amide bonds. The fourth-order valence-corrected chi connectivity index (χ4v) is 3.32. The Morgan fingerprint density at radius 2 is 2.08 bits per heavy atom. The highest BCUT2D eigenvalue weighted by Gasteiger charge is 2.36. The summed E-state index contributed by atoms with van der Waals surface area (Å²) in [6.07, 6.45) is 2.78. The molecule has 26 heavy (non-hydrogen) atoms. The van der Waals surface area contributed by atoms with Gasteiger partial charge in [0.1, 0.15) is 11.8 Å². The van der Waals surface area contributed by atoms with Crippen LogP contribution in [-0.2, 0) is 20.9 Å². The van der Waals surface area contributed by atoms with Crippen LogP contribution in [0.3, 0.4) is 0 Å². The van der Waals surface area contributed by atoms with Gasteiger partial charge in [0.15, 0.2) is 0 Å². The Labute approximate surface area is 150 Å². The van der Waals surface area contributed by atoms with Crippen molar-refractivity contribution >= 4 is 11.8 Å². The molecule has 0 saturated carbocycles. The largest absolute Gasteiger partial charge is 0.435 e. The van der Waals surface area contributed by atoms with E-state index in [1.807, 2.05) is 0 Å². The van der Waals surface area contributed by atoms with E-state index in [0.717, 1.165) is 25.0 Å². The number of halogens is 2. The molecule has 1 aromatic rings. The van der Waals surface area contributed by atoms with Gasteiger partial charge in [-0.05, 0) is 37.0 Å². The number of rotatable bonds is 7. The summed E-state index contributed by atoms with van der Waals surface area (Å²) < 4.78 is 34.2. The minimum atomic E-state index is -2.88. The summed E-state index contributed by atoms with van der Waals surface area (Å²) in [4.78, 5) is 26.2. The second kappa shape index (κ2) is 8.44. The number of hydrogen-bond donors (Lipinski definition) is 1. The van der Waals surface area contributed by atoms with Crippen LogP contribution in [0.15, 0.2) is 24.3 Å². The number of carbonyl (C=O) groups is 2. The van der Waals surface area contributed by atoms with Gasteiger partial charge in [-0.15, -0.1) is 0 Å². The van der Waals surface area contributed by atoms with E-state index < -0.39 is 12.7 Å². The Morgan fingerprint density at radius 3 is 2.73 bits per heavy atom. The average molecular weight is 368 g/mol. The number of alkyl halides is 2. The van der Waals surface area contributed by atoms with Crippen LogP contribution in [0.4, 0.5) is 8.78 Å². The zero-order valence-electron chi connectivity index (χ0n) is 14.3. The SMILES string of the molecule is O=C(NC[C@H]1CCCO1)[C@H]1CCC(=O)N1Cc1ccc(OC(F)F)cc1. The van der Waals surface area contributed by atoms with Gasteiger partial charge in [0, 0.05) is 26.1 Å². The van der Waals surface area contributed by atoms with Crippen molar-refractivity contribution in [2.75, 3.05) is 13.2 Å². The molecule has 0 aromatic heterocycles. The van der Waals surface area contributed by atoms with Crippen LogP contribution in [-0.4, -0.2) is 48.6 Å². The minimum Gasteiger partial charge on any atom is -0.435 e. The number of amides is 2. The lowest BCUT2D eigenvalue weighted by atomic mass is 10.1. The molecule has 0 unspecified atom stereocenters. The van der Waals surface area contributed by atoms with Gasteiger partial charge in [-0.3, -0.25) is 9.59 Å². The van der Waals surface area contributed by atoms with Crippen LogP contribution in [0.2, 0.25) is 0 Å². The smallest absolute Gasteiger partial charge is 0.387 e. The van der Waals surface area contributed by atoms with Gasteiger partial charge in [-0.25, -0.2) is 0 Å². The van der Waals surface area contributed by atoms with Gasteiger partial charge in [0.25, 0.3) is 0 Å². The van der Waals surface area contributed by atoms with E-state index in [1.54, 1.807) is 12.1 Å². The molecule has 8 heteroatoms. The van der Waals surface area contributed by atoms with Crippen molar-refractivity contribution in [3.8, 4) is 5.75 Å². The van der Waals surface area contributed by atoms with E-state index in [4.69, 9.17) is 4.74 Å². The van der Waals surface area contributed by atoms with Crippen molar-refractivity contribution in [3.63, 3.8) is 0 Å². The summed E-state index contributed by atoms with van der Waals surface area (Å²) in [7, 11) is 0. The molecule has 2 atom stereocenters. The van der Waals surface area contributed by atoms with Gasteiger partial charge >= 0.3 is 6.61 Å². The molecule has 2 aliphatic heterocycles. The third kappa shape index (κ3) is 4.69. The lowest BCUT2D eigenvalue weighted by Gasteiger charge is -2.25. The van der Waals surface area contributed by atoms with E-state index in [-0.39, 0.29) is 30.2 Å². The van der Waals surface area contributed by atoms with E-state index >= 15 is 0 Å². The monoisotopic (exact) mass is 368 g/mol.